The van der Waals surface area contributed by atoms with Gasteiger partial charge in [-0.3, -0.25) is 15.1 Å². The summed E-state index contributed by atoms with van der Waals surface area (Å²) in [6.45, 7) is 0.447. The second-order valence-electron chi connectivity index (χ2n) is 2.57. The number of hydrogen-bond donors (Lipinski definition) is 2. The third-order valence-electron chi connectivity index (χ3n) is 1.76. The molecule has 2 aromatic rings. The summed E-state index contributed by atoms with van der Waals surface area (Å²) >= 11 is 0. The van der Waals surface area contributed by atoms with Crippen molar-refractivity contribution in [3.63, 3.8) is 0 Å². The average molecular weight is 175 g/mol. The number of aromatic amines is 1. The van der Waals surface area contributed by atoms with Gasteiger partial charge in [-0.05, 0) is 0 Å². The molecule has 2 aromatic heterocycles. The molecular weight excluding hydrogens is 166 g/mol. The molecule has 0 unspecified atom stereocenters. The molecule has 0 aromatic carbocycles. The van der Waals surface area contributed by atoms with Gasteiger partial charge in [0.25, 0.3) is 0 Å². The molecule has 3 N–H and O–H groups in total. The molecule has 0 radical (unpaired) electrons. The van der Waals surface area contributed by atoms with Gasteiger partial charge in [0.2, 0.25) is 0 Å². The number of nitrogens with one attached hydrogen (secondary N) is 1. The van der Waals surface area contributed by atoms with Crippen LogP contribution in [0.15, 0.2) is 24.8 Å². The van der Waals surface area contributed by atoms with Crippen molar-refractivity contribution in [3.8, 4) is 11.4 Å². The largest absolute Gasteiger partial charge is 0.326 e. The lowest BCUT2D eigenvalue weighted by atomic mass is 10.2. The Hall–Kier alpha value is -1.75. The molecular formula is C8H9N5. The van der Waals surface area contributed by atoms with E-state index in [1.54, 1.807) is 24.8 Å². The highest BCUT2D eigenvalue weighted by Gasteiger charge is 2.06. The molecule has 0 aliphatic heterocycles. The molecule has 0 amide bonds. The summed E-state index contributed by atoms with van der Waals surface area (Å²) in [7, 11) is 0. The molecule has 13 heavy (non-hydrogen) atoms. The fourth-order valence-corrected chi connectivity index (χ4v) is 1.12. The van der Waals surface area contributed by atoms with Crippen LogP contribution in [-0.2, 0) is 6.54 Å². The third-order valence-corrected chi connectivity index (χ3v) is 1.76. The highest BCUT2D eigenvalue weighted by Crippen LogP contribution is 2.16. The van der Waals surface area contributed by atoms with Crippen molar-refractivity contribution in [2.75, 3.05) is 0 Å². The molecule has 0 atom stereocenters. The number of nitrogens with two attached hydrogens (primary N) is 1. The number of nitrogens with zero attached hydrogens (tertiary/aromatic N) is 3. The molecule has 0 saturated carbocycles. The van der Waals surface area contributed by atoms with Crippen molar-refractivity contribution in [2.24, 2.45) is 5.73 Å². The minimum absolute atomic E-state index is 0.447. The first kappa shape index (κ1) is 7.88. The van der Waals surface area contributed by atoms with E-state index < -0.39 is 0 Å². The minimum atomic E-state index is 0.447. The lowest BCUT2D eigenvalue weighted by molar-refractivity contribution is 1.07. The van der Waals surface area contributed by atoms with E-state index in [2.05, 4.69) is 20.2 Å². The molecule has 0 saturated heterocycles. The first-order valence-electron chi connectivity index (χ1n) is 3.90. The quantitative estimate of drug-likeness (QED) is 0.689. The number of aromatic nitrogens is 4. The van der Waals surface area contributed by atoms with E-state index in [4.69, 9.17) is 5.73 Å². The molecule has 0 aliphatic carbocycles. The Morgan fingerprint density at radius 1 is 1.31 bits per heavy atom. The van der Waals surface area contributed by atoms with Gasteiger partial charge in [0.15, 0.2) is 0 Å². The van der Waals surface area contributed by atoms with Crippen LogP contribution in [0.3, 0.4) is 0 Å². The van der Waals surface area contributed by atoms with Crippen LogP contribution in [0, 0.1) is 0 Å². The van der Waals surface area contributed by atoms with Gasteiger partial charge in [-0.2, -0.15) is 5.10 Å². The number of rotatable bonds is 2. The van der Waals surface area contributed by atoms with E-state index in [-0.39, 0.29) is 0 Å². The summed E-state index contributed by atoms with van der Waals surface area (Å²) in [6.07, 6.45) is 6.63. The van der Waals surface area contributed by atoms with E-state index in [0.717, 1.165) is 17.0 Å². The second kappa shape index (κ2) is 3.32. The molecule has 5 nitrogen and oxygen atoms in total. The second-order valence-corrected chi connectivity index (χ2v) is 2.57. The summed E-state index contributed by atoms with van der Waals surface area (Å²) in [6, 6.07) is 0. The Bertz CT molecular complexity index is 380. The van der Waals surface area contributed by atoms with Gasteiger partial charge in [0.1, 0.15) is 5.69 Å². The van der Waals surface area contributed by atoms with E-state index in [9.17, 15) is 0 Å². The monoisotopic (exact) mass is 175 g/mol. The number of hydrogen-bond acceptors (Lipinski definition) is 4. The van der Waals surface area contributed by atoms with E-state index in [0.29, 0.717) is 6.54 Å². The van der Waals surface area contributed by atoms with Crippen LogP contribution in [0.2, 0.25) is 0 Å². The Balaban J connectivity index is 2.47. The van der Waals surface area contributed by atoms with Crippen LogP contribution in [0.25, 0.3) is 11.4 Å². The van der Waals surface area contributed by atoms with Crippen molar-refractivity contribution in [2.45, 2.75) is 6.54 Å². The highest BCUT2D eigenvalue weighted by atomic mass is 15.1. The molecule has 2 rings (SSSR count). The standard InChI is InChI=1S/C8H9N5/c9-3-6-4-12-13-8(6)7-5-10-1-2-11-7/h1-2,4-5H,3,9H2,(H,12,13). The first-order chi connectivity index (χ1) is 6.42. The van der Waals surface area contributed by atoms with Crippen molar-refractivity contribution < 1.29 is 0 Å². The maximum Gasteiger partial charge on any atom is 0.107 e. The van der Waals surface area contributed by atoms with Crippen LogP contribution in [-0.4, -0.2) is 20.2 Å². The zero-order valence-electron chi connectivity index (χ0n) is 6.94. The van der Waals surface area contributed by atoms with Crippen LogP contribution in [0.1, 0.15) is 5.56 Å². The van der Waals surface area contributed by atoms with Crippen LogP contribution < -0.4 is 5.73 Å². The van der Waals surface area contributed by atoms with Crippen LogP contribution >= 0.6 is 0 Å². The fraction of sp³-hybridized carbons (Fsp3) is 0.125. The SMILES string of the molecule is NCc1cn[nH]c1-c1cnccn1. The Labute approximate surface area is 75.0 Å². The summed E-state index contributed by atoms with van der Waals surface area (Å²) in [5.41, 5.74) is 8.08. The molecule has 2 heterocycles. The summed E-state index contributed by atoms with van der Waals surface area (Å²) < 4.78 is 0. The van der Waals surface area contributed by atoms with Gasteiger partial charge < -0.3 is 5.73 Å². The first-order valence-corrected chi connectivity index (χ1v) is 3.90. The van der Waals surface area contributed by atoms with Gasteiger partial charge in [-0.15, -0.1) is 0 Å². The van der Waals surface area contributed by atoms with Gasteiger partial charge in [-0.1, -0.05) is 0 Å². The van der Waals surface area contributed by atoms with Gasteiger partial charge in [-0.25, -0.2) is 0 Å². The lowest BCUT2D eigenvalue weighted by Crippen LogP contribution is -1.97. The maximum atomic E-state index is 5.52. The lowest BCUT2D eigenvalue weighted by Gasteiger charge is -1.97. The summed E-state index contributed by atoms with van der Waals surface area (Å²) in [4.78, 5) is 8.11. The third kappa shape index (κ3) is 1.41. The topological polar surface area (TPSA) is 80.5 Å². The predicted molar refractivity (Wildman–Crippen MR) is 47.5 cm³/mol. The summed E-state index contributed by atoms with van der Waals surface area (Å²) in [5.74, 6) is 0. The van der Waals surface area contributed by atoms with E-state index >= 15 is 0 Å². The van der Waals surface area contributed by atoms with Gasteiger partial charge in [0, 0.05) is 24.5 Å². The Morgan fingerprint density at radius 3 is 2.92 bits per heavy atom. The molecule has 5 heteroatoms. The molecule has 0 bridgehead atoms. The summed E-state index contributed by atoms with van der Waals surface area (Å²) in [5, 5.41) is 6.74. The van der Waals surface area contributed by atoms with Crippen LogP contribution in [0.5, 0.6) is 0 Å². The zero-order chi connectivity index (χ0) is 9.10. The highest BCUT2D eigenvalue weighted by molar-refractivity contribution is 5.56. The van der Waals surface area contributed by atoms with Crippen LogP contribution in [0.4, 0.5) is 0 Å². The van der Waals surface area contributed by atoms with E-state index in [1.807, 2.05) is 0 Å². The zero-order valence-corrected chi connectivity index (χ0v) is 6.94. The predicted octanol–water partition coefficient (Wildman–Crippen LogP) is 0.325. The van der Waals surface area contributed by atoms with Crippen molar-refractivity contribution >= 4 is 0 Å². The van der Waals surface area contributed by atoms with Crippen molar-refractivity contribution in [1.82, 2.24) is 20.2 Å². The fourth-order valence-electron chi connectivity index (χ4n) is 1.12. The normalized spacial score (nSPS) is 10.2. The Kier molecular flexibility index (Phi) is 2.01. The van der Waals surface area contributed by atoms with E-state index in [1.165, 1.54) is 0 Å². The van der Waals surface area contributed by atoms with Crippen molar-refractivity contribution in [3.05, 3.63) is 30.4 Å². The molecule has 0 fully saturated rings. The van der Waals surface area contributed by atoms with Crippen molar-refractivity contribution in [1.29, 1.82) is 0 Å². The molecule has 66 valence electrons. The molecule has 0 aliphatic rings. The van der Waals surface area contributed by atoms with Gasteiger partial charge >= 0.3 is 0 Å². The minimum Gasteiger partial charge on any atom is -0.326 e. The molecule has 0 spiro atoms. The average Bonchev–Trinajstić information content (AvgIpc) is 2.67. The van der Waals surface area contributed by atoms with Gasteiger partial charge in [0.05, 0.1) is 18.1 Å². The Morgan fingerprint density at radius 2 is 2.23 bits per heavy atom. The smallest absolute Gasteiger partial charge is 0.107 e. The number of H-pyrrole nitrogens is 1. The maximum absolute atomic E-state index is 5.52.